The molecule has 138 valence electrons. The normalized spacial score (nSPS) is 15.2. The maximum absolute atomic E-state index is 12.6. The number of carbonyl (C=O) groups excluding carboxylic acids is 3. The molecule has 1 unspecified atom stereocenters. The highest BCUT2D eigenvalue weighted by Crippen LogP contribution is 2.33. The summed E-state index contributed by atoms with van der Waals surface area (Å²) in [5, 5.41) is 2.95. The van der Waals surface area contributed by atoms with E-state index in [0.717, 1.165) is 11.1 Å². The van der Waals surface area contributed by atoms with Crippen LogP contribution in [0, 0.1) is 0 Å². The largest absolute Gasteiger partial charge is 0.366 e. The molecule has 0 radical (unpaired) electrons. The van der Waals surface area contributed by atoms with Crippen LogP contribution in [-0.4, -0.2) is 22.6 Å². The molecule has 0 aliphatic carbocycles. The Bertz CT molecular complexity index is 955. The Hall–Kier alpha value is -3.12. The highest BCUT2D eigenvalue weighted by Gasteiger charge is 2.28. The van der Waals surface area contributed by atoms with E-state index in [4.69, 9.17) is 17.3 Å². The molecule has 0 aromatic heterocycles. The average Bonchev–Trinajstić information content (AvgIpc) is 2.63. The average molecular weight is 384 g/mol. The van der Waals surface area contributed by atoms with Crippen LogP contribution in [0.25, 0.3) is 6.08 Å². The van der Waals surface area contributed by atoms with Crippen LogP contribution in [0.5, 0.6) is 0 Å². The lowest BCUT2D eigenvalue weighted by Crippen LogP contribution is -2.33. The van der Waals surface area contributed by atoms with Crippen molar-refractivity contribution in [2.75, 3.05) is 5.32 Å². The molecule has 1 aliphatic rings. The molecule has 0 fully saturated rings. The van der Waals surface area contributed by atoms with Gasteiger partial charge in [-0.1, -0.05) is 35.9 Å². The van der Waals surface area contributed by atoms with Gasteiger partial charge in [0.25, 0.3) is 0 Å². The number of rotatable bonds is 4. The molecule has 0 saturated heterocycles. The molecule has 2 aromatic carbocycles. The van der Waals surface area contributed by atoms with E-state index in [0.29, 0.717) is 5.69 Å². The number of halogens is 1. The molecule has 3 rings (SSSR count). The van der Waals surface area contributed by atoms with Crippen LogP contribution in [0.4, 0.5) is 5.69 Å². The van der Waals surface area contributed by atoms with Crippen molar-refractivity contribution in [3.05, 3.63) is 70.4 Å². The van der Waals surface area contributed by atoms with E-state index in [-0.39, 0.29) is 28.8 Å². The van der Waals surface area contributed by atoms with Gasteiger partial charge >= 0.3 is 0 Å². The summed E-state index contributed by atoms with van der Waals surface area (Å²) >= 11 is 5.93. The van der Waals surface area contributed by atoms with E-state index in [1.807, 2.05) is 30.3 Å². The van der Waals surface area contributed by atoms with Gasteiger partial charge in [-0.2, -0.15) is 0 Å². The Balaban J connectivity index is 1.82. The second-order valence-electron chi connectivity index (χ2n) is 6.20. The number of hydrogen-bond donors (Lipinski definition) is 2. The number of nitrogens with zero attached hydrogens (tertiary/aromatic N) is 1. The molecule has 3 N–H and O–H groups in total. The first kappa shape index (κ1) is 18.7. The lowest BCUT2D eigenvalue weighted by molar-refractivity contribution is -0.129. The summed E-state index contributed by atoms with van der Waals surface area (Å²) in [7, 11) is 0. The van der Waals surface area contributed by atoms with E-state index in [2.05, 4.69) is 5.32 Å². The number of carbonyl (C=O) groups is 3. The third-order valence-corrected chi connectivity index (χ3v) is 4.69. The predicted molar refractivity (Wildman–Crippen MR) is 104 cm³/mol. The van der Waals surface area contributed by atoms with Gasteiger partial charge in [0.1, 0.15) is 0 Å². The second kappa shape index (κ2) is 7.63. The first-order valence-corrected chi connectivity index (χ1v) is 8.70. The van der Waals surface area contributed by atoms with Crippen molar-refractivity contribution in [1.29, 1.82) is 0 Å². The molecular weight excluding hydrogens is 366 g/mol. The lowest BCUT2D eigenvalue weighted by atomic mass is 9.93. The van der Waals surface area contributed by atoms with Crippen LogP contribution in [0.15, 0.2) is 48.7 Å². The van der Waals surface area contributed by atoms with Gasteiger partial charge in [-0.15, -0.1) is 0 Å². The highest BCUT2D eigenvalue weighted by atomic mass is 35.5. The Morgan fingerprint density at radius 2 is 1.93 bits per heavy atom. The molecule has 0 saturated carbocycles. The van der Waals surface area contributed by atoms with Crippen molar-refractivity contribution >= 4 is 41.1 Å². The molecule has 7 heteroatoms. The Kier molecular flexibility index (Phi) is 5.28. The predicted octanol–water partition coefficient (Wildman–Crippen LogP) is 3.34. The van der Waals surface area contributed by atoms with Crippen LogP contribution >= 0.6 is 11.6 Å². The Morgan fingerprint density at radius 1 is 1.19 bits per heavy atom. The summed E-state index contributed by atoms with van der Waals surface area (Å²) in [6, 6.07) is 11.7. The quantitative estimate of drug-likeness (QED) is 0.847. The summed E-state index contributed by atoms with van der Waals surface area (Å²) in [6.45, 7) is 1.46. The van der Waals surface area contributed by atoms with E-state index >= 15 is 0 Å². The minimum atomic E-state index is -0.676. The third kappa shape index (κ3) is 4.01. The number of anilines is 1. The topological polar surface area (TPSA) is 92.5 Å². The number of fused-ring (bicyclic) bond motifs is 1. The molecule has 27 heavy (non-hydrogen) atoms. The number of hydrogen-bond acceptors (Lipinski definition) is 3. The number of nitrogens with two attached hydrogens (primary N) is 1. The molecule has 3 amide bonds. The molecule has 2 aromatic rings. The maximum Gasteiger partial charge on any atom is 0.250 e. The van der Waals surface area contributed by atoms with Gasteiger partial charge < -0.3 is 16.0 Å². The van der Waals surface area contributed by atoms with Crippen LogP contribution in [-0.2, 0) is 9.59 Å². The third-order valence-electron chi connectivity index (χ3n) is 4.36. The SMILES string of the molecule is CC(=O)N1C=Cc2ccccc2C1CC(=O)Nc1ccc(Cl)c(C(N)=O)c1. The van der Waals surface area contributed by atoms with Crippen LogP contribution in [0.1, 0.15) is 40.9 Å². The van der Waals surface area contributed by atoms with E-state index < -0.39 is 11.9 Å². The van der Waals surface area contributed by atoms with Gasteiger partial charge in [0, 0.05) is 18.8 Å². The fourth-order valence-corrected chi connectivity index (χ4v) is 3.30. The molecule has 1 aliphatic heterocycles. The smallest absolute Gasteiger partial charge is 0.250 e. The lowest BCUT2D eigenvalue weighted by Gasteiger charge is -2.32. The molecule has 1 atom stereocenters. The fraction of sp³-hybridized carbons (Fsp3) is 0.150. The highest BCUT2D eigenvalue weighted by molar-refractivity contribution is 6.34. The Morgan fingerprint density at radius 3 is 2.63 bits per heavy atom. The fourth-order valence-electron chi connectivity index (χ4n) is 3.09. The van der Waals surface area contributed by atoms with Crippen molar-refractivity contribution in [1.82, 2.24) is 4.90 Å². The molecular formula is C20H18ClN3O3. The van der Waals surface area contributed by atoms with Gasteiger partial charge in [-0.05, 0) is 35.4 Å². The standard InChI is InChI=1S/C20H18ClN3O3/c1-12(25)24-9-8-13-4-2-3-5-15(13)18(24)11-19(26)23-14-6-7-17(21)16(10-14)20(22)27/h2-10,18H,11H2,1H3,(H2,22,27)(H,23,26). The van der Waals surface area contributed by atoms with E-state index in [1.54, 1.807) is 17.2 Å². The van der Waals surface area contributed by atoms with E-state index in [1.165, 1.54) is 19.1 Å². The van der Waals surface area contributed by atoms with Gasteiger partial charge in [-0.25, -0.2) is 0 Å². The molecule has 0 spiro atoms. The zero-order valence-electron chi connectivity index (χ0n) is 14.6. The summed E-state index contributed by atoms with van der Waals surface area (Å²) in [5.74, 6) is -1.12. The number of primary amides is 1. The van der Waals surface area contributed by atoms with Gasteiger partial charge in [-0.3, -0.25) is 14.4 Å². The minimum absolute atomic E-state index is 0.0649. The van der Waals surface area contributed by atoms with Gasteiger partial charge in [0.2, 0.25) is 17.7 Å². The molecule has 6 nitrogen and oxygen atoms in total. The van der Waals surface area contributed by atoms with Crippen LogP contribution in [0.2, 0.25) is 5.02 Å². The summed E-state index contributed by atoms with van der Waals surface area (Å²) in [6.07, 6.45) is 3.61. The van der Waals surface area contributed by atoms with Gasteiger partial charge in [0.05, 0.1) is 23.0 Å². The number of amides is 3. The number of benzene rings is 2. The zero-order valence-corrected chi connectivity index (χ0v) is 15.4. The maximum atomic E-state index is 12.6. The summed E-state index contributed by atoms with van der Waals surface area (Å²) < 4.78 is 0. The summed E-state index contributed by atoms with van der Waals surface area (Å²) in [5.41, 5.74) is 7.69. The van der Waals surface area contributed by atoms with Crippen molar-refractivity contribution in [2.45, 2.75) is 19.4 Å². The van der Waals surface area contributed by atoms with Crippen molar-refractivity contribution < 1.29 is 14.4 Å². The second-order valence-corrected chi connectivity index (χ2v) is 6.61. The van der Waals surface area contributed by atoms with Crippen molar-refractivity contribution in [2.24, 2.45) is 5.73 Å². The van der Waals surface area contributed by atoms with Crippen LogP contribution < -0.4 is 11.1 Å². The molecule has 0 bridgehead atoms. The number of nitrogens with one attached hydrogen (secondary N) is 1. The first-order valence-electron chi connectivity index (χ1n) is 8.32. The van der Waals surface area contributed by atoms with Crippen LogP contribution in [0.3, 0.4) is 0 Å². The zero-order chi connectivity index (χ0) is 19.6. The van der Waals surface area contributed by atoms with Crippen molar-refractivity contribution in [3.63, 3.8) is 0 Å². The van der Waals surface area contributed by atoms with E-state index in [9.17, 15) is 14.4 Å². The molecule has 1 heterocycles. The van der Waals surface area contributed by atoms with Crippen molar-refractivity contribution in [3.8, 4) is 0 Å². The Labute approximate surface area is 161 Å². The van der Waals surface area contributed by atoms with Gasteiger partial charge in [0.15, 0.2) is 0 Å². The summed E-state index contributed by atoms with van der Waals surface area (Å²) in [4.78, 5) is 37.5. The first-order chi connectivity index (χ1) is 12.9. The monoisotopic (exact) mass is 383 g/mol. The minimum Gasteiger partial charge on any atom is -0.366 e.